The lowest BCUT2D eigenvalue weighted by molar-refractivity contribution is -0.136. The third kappa shape index (κ3) is 17.9. The van der Waals surface area contributed by atoms with Crippen molar-refractivity contribution in [2.24, 2.45) is 0 Å². The maximum atomic E-state index is 10.9. The van der Waals surface area contributed by atoms with Crippen LogP contribution in [0.5, 0.6) is 0 Å². The van der Waals surface area contributed by atoms with Gasteiger partial charge in [0, 0.05) is 6.54 Å². The smallest absolute Gasteiger partial charge is 0.407 e. The number of methoxy groups -OCH3 is 1. The molecule has 0 bridgehead atoms. The van der Waals surface area contributed by atoms with E-state index in [-0.39, 0.29) is 13.0 Å². The second-order valence-electron chi connectivity index (χ2n) is 5.97. The molecule has 1 amide bonds. The summed E-state index contributed by atoms with van der Waals surface area (Å²) in [6.45, 7) is 11.4. The summed E-state index contributed by atoms with van der Waals surface area (Å²) < 4.78 is 9.93. The van der Waals surface area contributed by atoms with Crippen molar-refractivity contribution < 1.29 is 24.2 Å². The molecule has 0 aromatic carbocycles. The zero-order chi connectivity index (χ0) is 19.9. The highest BCUT2D eigenvalue weighted by Crippen LogP contribution is 2.10. The minimum Gasteiger partial charge on any atom is -0.497 e. The molecule has 0 fully saturated rings. The van der Waals surface area contributed by atoms with Gasteiger partial charge in [-0.3, -0.25) is 4.79 Å². The second kappa shape index (κ2) is 14.1. The zero-order valence-electron chi connectivity index (χ0n) is 16.5. The van der Waals surface area contributed by atoms with E-state index in [0.717, 1.165) is 12.2 Å². The summed E-state index contributed by atoms with van der Waals surface area (Å²) in [5.74, 6) is -0.0205. The largest absolute Gasteiger partial charge is 0.497 e. The molecule has 0 saturated carbocycles. The molecule has 0 aromatic heterocycles. The predicted molar refractivity (Wildman–Crippen MR) is 100 cm³/mol. The zero-order valence-corrected chi connectivity index (χ0v) is 16.5. The third-order valence-corrected chi connectivity index (χ3v) is 2.50. The van der Waals surface area contributed by atoms with Gasteiger partial charge in [-0.05, 0) is 46.3 Å². The Balaban J connectivity index is 0. The molecule has 0 aromatic rings. The number of nitrogens with one attached hydrogen (secondary N) is 1. The summed E-state index contributed by atoms with van der Waals surface area (Å²) in [5.41, 5.74) is 0.816. The van der Waals surface area contributed by atoms with Crippen LogP contribution in [-0.4, -0.2) is 36.4 Å². The number of allylic oxidation sites excluding steroid dienone is 5. The van der Waals surface area contributed by atoms with Crippen molar-refractivity contribution in [1.82, 2.24) is 5.32 Å². The Morgan fingerprint density at radius 2 is 1.84 bits per heavy atom. The molecule has 1 rings (SSSR count). The Bertz CT molecular complexity index is 485. The molecule has 0 heterocycles. The van der Waals surface area contributed by atoms with Crippen LogP contribution in [-0.2, 0) is 14.3 Å². The summed E-state index contributed by atoms with van der Waals surface area (Å²) in [7, 11) is 1.69. The summed E-state index contributed by atoms with van der Waals surface area (Å²) in [6, 6.07) is 0. The van der Waals surface area contributed by atoms with E-state index in [1.165, 1.54) is 5.57 Å². The van der Waals surface area contributed by atoms with Crippen LogP contribution in [0.15, 0.2) is 35.6 Å². The van der Waals surface area contributed by atoms with E-state index < -0.39 is 17.7 Å². The van der Waals surface area contributed by atoms with Gasteiger partial charge in [-0.25, -0.2) is 4.79 Å². The highest BCUT2D eigenvalue weighted by Gasteiger charge is 2.15. The Morgan fingerprint density at radius 3 is 2.32 bits per heavy atom. The molecule has 25 heavy (non-hydrogen) atoms. The van der Waals surface area contributed by atoms with Crippen LogP contribution in [0.3, 0.4) is 0 Å². The van der Waals surface area contributed by atoms with Gasteiger partial charge in [-0.2, -0.15) is 0 Å². The lowest BCUT2D eigenvalue weighted by atomic mass is 10.2. The third-order valence-electron chi connectivity index (χ3n) is 2.50. The van der Waals surface area contributed by atoms with Crippen LogP contribution in [0.4, 0.5) is 4.79 Å². The first-order valence-electron chi connectivity index (χ1n) is 8.40. The Morgan fingerprint density at radius 1 is 1.24 bits per heavy atom. The van der Waals surface area contributed by atoms with E-state index in [1.807, 2.05) is 26.0 Å². The minimum absolute atomic E-state index is 0.0875. The lowest BCUT2D eigenvalue weighted by Crippen LogP contribution is -2.33. The number of carbonyl (C=O) groups excluding carboxylic acids is 1. The van der Waals surface area contributed by atoms with Gasteiger partial charge in [-0.1, -0.05) is 31.6 Å². The molecule has 0 unspecified atom stereocenters. The molecular weight excluding hydrogens is 322 g/mol. The first-order chi connectivity index (χ1) is 11.6. The summed E-state index contributed by atoms with van der Waals surface area (Å²) in [4.78, 5) is 21.0. The predicted octanol–water partition coefficient (Wildman–Crippen LogP) is 4.43. The van der Waals surface area contributed by atoms with Gasteiger partial charge in [0.1, 0.15) is 11.4 Å². The lowest BCUT2D eigenvalue weighted by Gasteiger charge is -2.19. The van der Waals surface area contributed by atoms with Gasteiger partial charge in [0.25, 0.3) is 0 Å². The quantitative estimate of drug-likeness (QED) is 0.779. The molecule has 0 spiro atoms. The van der Waals surface area contributed by atoms with E-state index in [9.17, 15) is 9.59 Å². The average Bonchev–Trinajstić information content (AvgIpc) is 2.72. The highest BCUT2D eigenvalue weighted by atomic mass is 16.6. The summed E-state index contributed by atoms with van der Waals surface area (Å²) >= 11 is 0. The van der Waals surface area contributed by atoms with Crippen LogP contribution in [0.25, 0.3) is 0 Å². The van der Waals surface area contributed by atoms with Crippen LogP contribution >= 0.6 is 0 Å². The number of amides is 1. The van der Waals surface area contributed by atoms with Crippen molar-refractivity contribution in [2.75, 3.05) is 13.7 Å². The fourth-order valence-electron chi connectivity index (χ4n) is 1.43. The number of rotatable bonds is 4. The van der Waals surface area contributed by atoms with Crippen LogP contribution in [0.2, 0.25) is 0 Å². The molecular formula is C19H33NO5. The second-order valence-corrected chi connectivity index (χ2v) is 5.97. The van der Waals surface area contributed by atoms with Crippen LogP contribution in [0, 0.1) is 0 Å². The van der Waals surface area contributed by atoms with E-state index in [4.69, 9.17) is 14.6 Å². The highest BCUT2D eigenvalue weighted by molar-refractivity contribution is 5.70. The van der Waals surface area contributed by atoms with Gasteiger partial charge >= 0.3 is 12.1 Å². The van der Waals surface area contributed by atoms with Crippen molar-refractivity contribution >= 4 is 12.1 Å². The first-order valence-corrected chi connectivity index (χ1v) is 8.40. The summed E-state index contributed by atoms with van der Waals surface area (Å²) in [5, 5.41) is 10.6. The maximum absolute atomic E-state index is 10.9. The summed E-state index contributed by atoms with van der Waals surface area (Å²) in [6.07, 6.45) is 8.51. The Hall–Kier alpha value is -2.24. The SMILES string of the molecule is CC.CC(C)(C)OC(=O)NCCC(=O)O.COC1=CC=C(C)CC=C1. The maximum Gasteiger partial charge on any atom is 0.407 e. The van der Waals surface area contributed by atoms with Crippen molar-refractivity contribution in [2.45, 2.75) is 60.0 Å². The molecule has 2 N–H and O–H groups in total. The van der Waals surface area contributed by atoms with Gasteiger partial charge in [-0.15, -0.1) is 0 Å². The van der Waals surface area contributed by atoms with Crippen molar-refractivity contribution in [3.05, 3.63) is 35.6 Å². The van der Waals surface area contributed by atoms with Crippen molar-refractivity contribution in [3.8, 4) is 0 Å². The fourth-order valence-corrected chi connectivity index (χ4v) is 1.43. The standard InChI is InChI=1S/C9H12O.C8H15NO4.C2H6/c1-8-4-3-5-9(10-2)7-6-8;1-8(2,3)13-7(12)9-5-4-6(10)11;1-2/h3,5-7H,4H2,1-2H3;4-5H2,1-3H3,(H,9,12)(H,10,11);1-2H3. The van der Waals surface area contributed by atoms with Crippen LogP contribution in [0.1, 0.15) is 54.4 Å². The molecule has 0 aliphatic heterocycles. The van der Waals surface area contributed by atoms with E-state index in [2.05, 4.69) is 24.4 Å². The fraction of sp³-hybridized carbons (Fsp3) is 0.579. The normalized spacial score (nSPS) is 12.8. The number of hydrogen-bond acceptors (Lipinski definition) is 4. The number of carbonyl (C=O) groups is 2. The molecule has 1 aliphatic carbocycles. The van der Waals surface area contributed by atoms with E-state index in [1.54, 1.807) is 27.9 Å². The minimum atomic E-state index is -0.948. The van der Waals surface area contributed by atoms with Crippen molar-refractivity contribution in [3.63, 3.8) is 0 Å². The van der Waals surface area contributed by atoms with Crippen LogP contribution < -0.4 is 5.32 Å². The average molecular weight is 355 g/mol. The molecule has 144 valence electrons. The number of carboxylic acid groups (broad SMARTS) is 1. The van der Waals surface area contributed by atoms with Crippen molar-refractivity contribution in [1.29, 1.82) is 0 Å². The molecule has 0 saturated heterocycles. The topological polar surface area (TPSA) is 84.9 Å². The van der Waals surface area contributed by atoms with Gasteiger partial charge in [0.15, 0.2) is 0 Å². The Labute approximate surface area is 151 Å². The number of aliphatic carboxylic acids is 1. The van der Waals surface area contributed by atoms with Gasteiger partial charge < -0.3 is 19.9 Å². The number of carboxylic acids is 1. The van der Waals surface area contributed by atoms with Gasteiger partial charge in [0.05, 0.1) is 13.5 Å². The Kier molecular flexibility index (Phi) is 14.1. The molecule has 0 atom stereocenters. The molecule has 6 heteroatoms. The monoisotopic (exact) mass is 355 g/mol. The molecule has 1 aliphatic rings. The molecule has 0 radical (unpaired) electrons. The molecule has 6 nitrogen and oxygen atoms in total. The number of ether oxygens (including phenoxy) is 2. The number of hydrogen-bond donors (Lipinski definition) is 2. The van der Waals surface area contributed by atoms with Gasteiger partial charge in [0.2, 0.25) is 0 Å². The van der Waals surface area contributed by atoms with E-state index >= 15 is 0 Å². The number of alkyl carbamates (subject to hydrolysis) is 1. The first kappa shape index (κ1) is 25.0. The van der Waals surface area contributed by atoms with E-state index in [0.29, 0.717) is 0 Å².